The van der Waals surface area contributed by atoms with E-state index in [1.807, 2.05) is 66.7 Å². The van der Waals surface area contributed by atoms with Gasteiger partial charge in [-0.15, -0.1) is 0 Å². The van der Waals surface area contributed by atoms with Crippen LogP contribution in [-0.2, 0) is 89.3 Å². The fraction of sp³-hybridized carbons (Fsp3) is 0.654. The molecule has 0 saturated heterocycles. The summed E-state index contributed by atoms with van der Waals surface area (Å²) in [5.74, 6) is -7.62. The number of nitrogens with one attached hydrogen (secondary N) is 8. The second-order valence-corrected chi connectivity index (χ2v) is 33.8. The Labute approximate surface area is 651 Å². The van der Waals surface area contributed by atoms with Crippen molar-refractivity contribution < 1.29 is 81.2 Å². The highest BCUT2D eigenvalue weighted by molar-refractivity contribution is 14.1. The van der Waals surface area contributed by atoms with Crippen LogP contribution in [0.4, 0.5) is 4.79 Å². The van der Waals surface area contributed by atoms with E-state index >= 15 is 0 Å². The standard InChI is InChI=1S/C81H122IN9O17/c1-78(2,3)105-69(95)44-43-62(74(100)106-79(4,5)6)91-77(103)90-61(73(99)104-59-28-16-14-13-15-17-29-59)31-21-23-46-84-72(98)63(48-54-35-38-55-26-18-19-27-57(55)47-54)89-70(96)56-39-33-53(34-40-56)51-85-71(97)60(30-20-22-45-83)86-67(93)50-65(76(102)108-81(10,11)12)88-68(94)49-64(75(101)107-80(7,8)9)87-66(92)32-24-25-52-36-41-58(82)42-37-52/h18-19,26-27,35-38,41-42,47,53,56,59-65H,13-17,20-25,28-34,39-40,43-46,48-51,83H2,1-12H3,(H,84,98)(H,85,97)(H,86,93)(H,87,92)(H,88,94)(H,89,96)(H2,90,91,103). The van der Waals surface area contributed by atoms with Crippen molar-refractivity contribution in [2.24, 2.45) is 17.6 Å². The molecule has 3 aromatic carbocycles. The van der Waals surface area contributed by atoms with Gasteiger partial charge in [-0.1, -0.05) is 73.9 Å². The van der Waals surface area contributed by atoms with E-state index in [0.29, 0.717) is 83.6 Å². The van der Waals surface area contributed by atoms with E-state index in [2.05, 4.69) is 65.1 Å². The van der Waals surface area contributed by atoms with Crippen molar-refractivity contribution in [3.63, 3.8) is 0 Å². The molecule has 3 aromatic rings. The van der Waals surface area contributed by atoms with Crippen LogP contribution in [0.5, 0.6) is 0 Å². The molecule has 26 nitrogen and oxygen atoms in total. The van der Waals surface area contributed by atoms with Gasteiger partial charge in [0, 0.05) is 41.8 Å². The molecule has 600 valence electrons. The summed E-state index contributed by atoms with van der Waals surface area (Å²) in [6, 6.07) is 13.2. The Morgan fingerprint density at radius 3 is 1.54 bits per heavy atom. The minimum Gasteiger partial charge on any atom is -0.461 e. The molecule has 0 aromatic heterocycles. The Hall–Kier alpha value is -7.95. The van der Waals surface area contributed by atoms with Crippen LogP contribution in [-0.4, -0.2) is 156 Å². The Balaban J connectivity index is 1.21. The molecule has 108 heavy (non-hydrogen) atoms. The molecule has 8 amide bonds. The highest BCUT2D eigenvalue weighted by atomic mass is 127. The van der Waals surface area contributed by atoms with Gasteiger partial charge >= 0.3 is 35.9 Å². The van der Waals surface area contributed by atoms with Crippen molar-refractivity contribution in [1.29, 1.82) is 0 Å². The van der Waals surface area contributed by atoms with E-state index < -0.39 is 143 Å². The molecule has 0 heterocycles. The zero-order chi connectivity index (χ0) is 79.8. The van der Waals surface area contributed by atoms with Gasteiger partial charge in [0.1, 0.15) is 64.8 Å². The number of hydrogen-bond donors (Lipinski definition) is 9. The predicted molar refractivity (Wildman–Crippen MR) is 419 cm³/mol. The lowest BCUT2D eigenvalue weighted by Crippen LogP contribution is -2.53. The fourth-order valence-corrected chi connectivity index (χ4v) is 13.1. The quantitative estimate of drug-likeness (QED) is 0.0111. The lowest BCUT2D eigenvalue weighted by atomic mass is 9.81. The van der Waals surface area contributed by atoms with Gasteiger partial charge in [0.25, 0.3) is 0 Å². The molecule has 6 atom stereocenters. The summed E-state index contributed by atoms with van der Waals surface area (Å²) in [7, 11) is 0. The minimum absolute atomic E-state index is 0.0451. The number of fused-ring (bicyclic) bond motifs is 1. The normalized spacial score (nSPS) is 16.8. The smallest absolute Gasteiger partial charge is 0.329 e. The second-order valence-electron chi connectivity index (χ2n) is 32.6. The van der Waals surface area contributed by atoms with Crippen LogP contribution in [0.2, 0.25) is 0 Å². The molecular weight excluding hydrogens is 1500 g/mol. The number of amides is 8. The van der Waals surface area contributed by atoms with Crippen LogP contribution in [0.25, 0.3) is 10.8 Å². The van der Waals surface area contributed by atoms with E-state index in [1.165, 1.54) is 0 Å². The lowest BCUT2D eigenvalue weighted by Gasteiger charge is -2.30. The van der Waals surface area contributed by atoms with Gasteiger partial charge in [0.15, 0.2) is 0 Å². The summed E-state index contributed by atoms with van der Waals surface area (Å²) in [5.41, 5.74) is 3.97. The molecular formula is C81H122IN9O17. The zero-order valence-corrected chi connectivity index (χ0v) is 67.9. The third kappa shape index (κ3) is 36.5. The van der Waals surface area contributed by atoms with Gasteiger partial charge in [-0.2, -0.15) is 0 Å². The van der Waals surface area contributed by atoms with Gasteiger partial charge in [0.2, 0.25) is 35.4 Å². The number of benzene rings is 3. The first kappa shape index (κ1) is 90.7. The highest BCUT2D eigenvalue weighted by Gasteiger charge is 2.37. The van der Waals surface area contributed by atoms with Crippen molar-refractivity contribution in [1.82, 2.24) is 42.5 Å². The SMILES string of the molecule is CC(C)(C)OC(=O)CCC(NC(=O)NC(CCCCNC(=O)C(Cc1ccc2ccccc2c1)NC(=O)C1CCC(CNC(=O)C(CCCCN)NC(=O)CC(NC(=O)CC(NC(=O)CCCc2ccc(I)cc2)C(=O)OC(C)(C)C)C(=O)OC(C)(C)C)CC1)C(=O)OC1CCCCCCC1)C(=O)OC(C)(C)C. The first-order valence-electron chi connectivity index (χ1n) is 38.6. The molecule has 0 bridgehead atoms. The molecule has 0 aliphatic heterocycles. The number of ether oxygens (including phenoxy) is 5. The summed E-state index contributed by atoms with van der Waals surface area (Å²) in [6.45, 7) is 20.7. The largest absolute Gasteiger partial charge is 0.461 e. The van der Waals surface area contributed by atoms with Gasteiger partial charge in [0.05, 0.1) is 12.8 Å². The van der Waals surface area contributed by atoms with Crippen LogP contribution in [0, 0.1) is 15.4 Å². The summed E-state index contributed by atoms with van der Waals surface area (Å²) < 4.78 is 29.4. The fourth-order valence-electron chi connectivity index (χ4n) is 12.7. The number of hydrogen-bond acceptors (Lipinski definition) is 18. The minimum atomic E-state index is -1.58. The number of halogens is 1. The maximum absolute atomic E-state index is 14.4. The Morgan fingerprint density at radius 2 is 0.963 bits per heavy atom. The molecule has 2 aliphatic rings. The number of unbranched alkanes of at least 4 members (excludes halogenated alkanes) is 2. The number of nitrogens with two attached hydrogens (primary N) is 1. The number of carbonyl (C=O) groups is 12. The Bertz CT molecular complexity index is 3450. The molecule has 2 saturated carbocycles. The van der Waals surface area contributed by atoms with Crippen molar-refractivity contribution in [2.75, 3.05) is 19.6 Å². The Kier molecular flexibility index (Phi) is 37.5. The predicted octanol–water partition coefficient (Wildman–Crippen LogP) is 9.91. The van der Waals surface area contributed by atoms with E-state index in [-0.39, 0.29) is 69.5 Å². The topological polar surface area (TPSA) is 373 Å². The Morgan fingerprint density at radius 1 is 0.463 bits per heavy atom. The molecule has 6 unspecified atom stereocenters. The van der Waals surface area contributed by atoms with E-state index in [1.54, 1.807) is 83.1 Å². The average molecular weight is 1620 g/mol. The molecule has 0 radical (unpaired) electrons. The molecule has 0 spiro atoms. The van der Waals surface area contributed by atoms with E-state index in [0.717, 1.165) is 57.6 Å². The van der Waals surface area contributed by atoms with Gasteiger partial charge in [-0.25, -0.2) is 24.0 Å². The highest BCUT2D eigenvalue weighted by Crippen LogP contribution is 2.30. The third-order valence-electron chi connectivity index (χ3n) is 18.1. The van der Waals surface area contributed by atoms with Crippen molar-refractivity contribution in [2.45, 2.75) is 308 Å². The first-order valence-corrected chi connectivity index (χ1v) is 39.7. The summed E-state index contributed by atoms with van der Waals surface area (Å²) in [5, 5.41) is 24.3. The van der Waals surface area contributed by atoms with Crippen molar-refractivity contribution >= 4 is 105 Å². The van der Waals surface area contributed by atoms with Crippen LogP contribution in [0.1, 0.15) is 242 Å². The van der Waals surface area contributed by atoms with Crippen LogP contribution in [0.15, 0.2) is 66.7 Å². The second kappa shape index (κ2) is 44.6. The van der Waals surface area contributed by atoms with Crippen molar-refractivity contribution in [3.8, 4) is 0 Å². The lowest BCUT2D eigenvalue weighted by molar-refractivity contribution is -0.161. The van der Waals surface area contributed by atoms with Gasteiger partial charge in [-0.3, -0.25) is 33.6 Å². The van der Waals surface area contributed by atoms with Gasteiger partial charge < -0.3 is 72.0 Å². The molecule has 27 heteroatoms. The monoisotopic (exact) mass is 1620 g/mol. The summed E-state index contributed by atoms with van der Waals surface area (Å²) >= 11 is 2.21. The number of carbonyl (C=O) groups excluding carboxylic acids is 12. The van der Waals surface area contributed by atoms with E-state index in [9.17, 15) is 57.5 Å². The van der Waals surface area contributed by atoms with Gasteiger partial charge in [-0.05, 0) is 261 Å². The average Bonchev–Trinajstić information content (AvgIpc) is 0.837. The van der Waals surface area contributed by atoms with E-state index in [4.69, 9.17) is 29.4 Å². The summed E-state index contributed by atoms with van der Waals surface area (Å²) in [6.07, 6.45) is 9.67. The number of esters is 5. The molecule has 5 rings (SSSR count). The molecule has 2 aliphatic carbocycles. The molecule has 10 N–H and O–H groups in total. The third-order valence-corrected chi connectivity index (χ3v) is 18.8. The maximum Gasteiger partial charge on any atom is 0.329 e. The number of rotatable bonds is 38. The first-order chi connectivity index (χ1) is 50.8. The zero-order valence-electron chi connectivity index (χ0n) is 65.7. The maximum atomic E-state index is 14.4. The van der Waals surface area contributed by atoms with Crippen LogP contribution in [0.3, 0.4) is 0 Å². The number of aryl methyl sites for hydroxylation is 1. The van der Waals surface area contributed by atoms with Crippen molar-refractivity contribution in [3.05, 3.63) is 81.4 Å². The molecule has 2 fully saturated rings. The number of urea groups is 1. The summed E-state index contributed by atoms with van der Waals surface area (Å²) in [4.78, 5) is 165. The van der Waals surface area contributed by atoms with Crippen LogP contribution < -0.4 is 48.3 Å². The van der Waals surface area contributed by atoms with Crippen LogP contribution >= 0.6 is 22.6 Å².